The number of benzene rings is 2. The fourth-order valence-electron chi connectivity index (χ4n) is 1.77. The highest BCUT2D eigenvalue weighted by Gasteiger charge is 2.22. The van der Waals surface area contributed by atoms with Gasteiger partial charge in [0.15, 0.2) is 0 Å². The fourth-order valence-corrected chi connectivity index (χ4v) is 2.95. The number of methoxy groups -OCH3 is 1. The lowest BCUT2D eigenvalue weighted by molar-refractivity contribution is 0.0696. The first kappa shape index (κ1) is 15.8. The van der Waals surface area contributed by atoms with Crippen molar-refractivity contribution < 1.29 is 27.4 Å². The van der Waals surface area contributed by atoms with E-state index in [9.17, 15) is 17.6 Å². The molecule has 0 aromatic heterocycles. The van der Waals surface area contributed by atoms with Crippen LogP contribution in [-0.4, -0.2) is 26.6 Å². The highest BCUT2D eigenvalue weighted by atomic mass is 32.2. The molecule has 0 amide bonds. The molecule has 0 radical (unpaired) electrons. The van der Waals surface area contributed by atoms with Gasteiger partial charge in [0, 0.05) is 0 Å². The van der Waals surface area contributed by atoms with Crippen molar-refractivity contribution in [2.75, 3.05) is 11.8 Å². The second kappa shape index (κ2) is 6.02. The monoisotopic (exact) mass is 325 g/mol. The standard InChI is InChI=1S/C14H12FNO5S/c1-21-12-5-3-2-4-11(12)16-22(19,20)13-8-9(14(17)18)6-7-10(13)15/h2-8,16H,1H3,(H,17,18). The average molecular weight is 325 g/mol. The van der Waals surface area contributed by atoms with Gasteiger partial charge in [0.1, 0.15) is 16.5 Å². The highest BCUT2D eigenvalue weighted by molar-refractivity contribution is 7.92. The number of sulfonamides is 1. The minimum atomic E-state index is -4.30. The average Bonchev–Trinajstić information content (AvgIpc) is 2.47. The Kier molecular flexibility index (Phi) is 4.32. The molecule has 0 atom stereocenters. The van der Waals surface area contributed by atoms with Gasteiger partial charge in [0.05, 0.1) is 18.4 Å². The van der Waals surface area contributed by atoms with Gasteiger partial charge in [-0.05, 0) is 30.3 Å². The molecule has 8 heteroatoms. The summed E-state index contributed by atoms with van der Waals surface area (Å²) in [5.41, 5.74) is -0.216. The van der Waals surface area contributed by atoms with Crippen molar-refractivity contribution in [1.29, 1.82) is 0 Å². The molecule has 0 heterocycles. The third-order valence-electron chi connectivity index (χ3n) is 2.82. The van der Waals surface area contributed by atoms with E-state index >= 15 is 0 Å². The maximum Gasteiger partial charge on any atom is 0.335 e. The number of anilines is 1. The minimum Gasteiger partial charge on any atom is -0.495 e. The summed E-state index contributed by atoms with van der Waals surface area (Å²) in [5, 5.41) is 8.88. The summed E-state index contributed by atoms with van der Waals surface area (Å²) in [5.74, 6) is -2.15. The van der Waals surface area contributed by atoms with E-state index in [1.54, 1.807) is 12.1 Å². The number of rotatable bonds is 5. The Morgan fingerprint density at radius 2 is 1.91 bits per heavy atom. The SMILES string of the molecule is COc1ccccc1NS(=O)(=O)c1cc(C(=O)O)ccc1F. The Balaban J connectivity index is 2.47. The summed E-state index contributed by atoms with van der Waals surface area (Å²) >= 11 is 0. The molecule has 0 spiro atoms. The van der Waals surface area contributed by atoms with Crippen molar-refractivity contribution in [1.82, 2.24) is 0 Å². The predicted molar refractivity (Wildman–Crippen MR) is 77.2 cm³/mol. The van der Waals surface area contributed by atoms with E-state index in [0.717, 1.165) is 18.2 Å². The van der Waals surface area contributed by atoms with Gasteiger partial charge in [-0.25, -0.2) is 17.6 Å². The molecule has 22 heavy (non-hydrogen) atoms. The molecule has 0 aliphatic rings. The van der Waals surface area contributed by atoms with Crippen molar-refractivity contribution in [3.05, 3.63) is 53.8 Å². The van der Waals surface area contributed by atoms with Crippen LogP contribution in [0.1, 0.15) is 10.4 Å². The third-order valence-corrected chi connectivity index (χ3v) is 4.20. The number of carbonyl (C=O) groups is 1. The molecular formula is C14H12FNO5S. The minimum absolute atomic E-state index is 0.116. The zero-order valence-corrected chi connectivity index (χ0v) is 12.2. The molecule has 0 saturated heterocycles. The summed E-state index contributed by atoms with van der Waals surface area (Å²) in [6.45, 7) is 0. The number of para-hydroxylation sites is 2. The molecule has 6 nitrogen and oxygen atoms in total. The van der Waals surface area contributed by atoms with Crippen molar-refractivity contribution in [3.8, 4) is 5.75 Å². The second-order valence-corrected chi connectivity index (χ2v) is 5.91. The summed E-state index contributed by atoms with van der Waals surface area (Å²) in [6.07, 6.45) is 0. The topological polar surface area (TPSA) is 92.7 Å². The van der Waals surface area contributed by atoms with Gasteiger partial charge in [0.25, 0.3) is 10.0 Å². The third kappa shape index (κ3) is 3.17. The predicted octanol–water partition coefficient (Wildman–Crippen LogP) is 2.33. The Morgan fingerprint density at radius 1 is 1.23 bits per heavy atom. The molecule has 2 rings (SSSR count). The van der Waals surface area contributed by atoms with Crippen LogP contribution in [0.5, 0.6) is 5.75 Å². The number of hydrogen-bond acceptors (Lipinski definition) is 4. The number of hydrogen-bond donors (Lipinski definition) is 2. The molecule has 2 aromatic carbocycles. The quantitative estimate of drug-likeness (QED) is 0.880. The van der Waals surface area contributed by atoms with Crippen LogP contribution in [-0.2, 0) is 10.0 Å². The van der Waals surface area contributed by atoms with Crippen LogP contribution in [0.25, 0.3) is 0 Å². The number of nitrogens with one attached hydrogen (secondary N) is 1. The summed E-state index contributed by atoms with van der Waals surface area (Å²) in [7, 11) is -2.94. The Labute approximate surface area is 126 Å². The van der Waals surface area contributed by atoms with Crippen LogP contribution in [0.3, 0.4) is 0 Å². The van der Waals surface area contributed by atoms with Crippen LogP contribution < -0.4 is 9.46 Å². The number of carboxylic acids is 1. The first-order valence-corrected chi connectivity index (χ1v) is 7.52. The number of carboxylic acid groups (broad SMARTS) is 1. The molecule has 0 unspecified atom stereocenters. The summed E-state index contributed by atoms with van der Waals surface area (Å²) in [6, 6.07) is 8.72. The molecule has 0 saturated carbocycles. The van der Waals surface area contributed by atoms with Gasteiger partial charge in [-0.1, -0.05) is 12.1 Å². The lowest BCUT2D eigenvalue weighted by Gasteiger charge is -2.12. The summed E-state index contributed by atoms with van der Waals surface area (Å²) in [4.78, 5) is 10.1. The number of aromatic carboxylic acids is 1. The van der Waals surface area contributed by atoms with Gasteiger partial charge < -0.3 is 9.84 Å². The molecule has 0 bridgehead atoms. The molecule has 0 aliphatic carbocycles. The van der Waals surface area contributed by atoms with Crippen LogP contribution in [0, 0.1) is 5.82 Å². The van der Waals surface area contributed by atoms with E-state index in [2.05, 4.69) is 4.72 Å². The second-order valence-electron chi connectivity index (χ2n) is 4.26. The summed E-state index contributed by atoms with van der Waals surface area (Å²) < 4.78 is 45.5. The molecule has 0 aliphatic heterocycles. The van der Waals surface area contributed by atoms with Gasteiger partial charge in [-0.3, -0.25) is 4.72 Å². The van der Waals surface area contributed by atoms with Crippen LogP contribution >= 0.6 is 0 Å². The van der Waals surface area contributed by atoms with Crippen LogP contribution in [0.2, 0.25) is 0 Å². The lowest BCUT2D eigenvalue weighted by Crippen LogP contribution is -2.16. The first-order chi connectivity index (χ1) is 10.3. The van der Waals surface area contributed by atoms with Crippen molar-refractivity contribution in [3.63, 3.8) is 0 Å². The van der Waals surface area contributed by atoms with Crippen molar-refractivity contribution in [2.24, 2.45) is 0 Å². The van der Waals surface area contributed by atoms with Gasteiger partial charge >= 0.3 is 5.97 Å². The zero-order valence-electron chi connectivity index (χ0n) is 11.4. The normalized spacial score (nSPS) is 11.0. The fraction of sp³-hybridized carbons (Fsp3) is 0.0714. The van der Waals surface area contributed by atoms with Gasteiger partial charge in [0.2, 0.25) is 0 Å². The smallest absolute Gasteiger partial charge is 0.335 e. The Hall–Kier alpha value is -2.61. The molecule has 2 aromatic rings. The Morgan fingerprint density at radius 3 is 2.55 bits per heavy atom. The Bertz CT molecular complexity index is 820. The molecule has 2 N–H and O–H groups in total. The van der Waals surface area contributed by atoms with E-state index in [1.807, 2.05) is 0 Å². The number of halogens is 1. The molecule has 0 fully saturated rings. The van der Waals surface area contributed by atoms with Crippen molar-refractivity contribution >= 4 is 21.7 Å². The molecular weight excluding hydrogens is 313 g/mol. The highest BCUT2D eigenvalue weighted by Crippen LogP contribution is 2.27. The van der Waals surface area contributed by atoms with E-state index in [1.165, 1.54) is 19.2 Å². The van der Waals surface area contributed by atoms with E-state index < -0.39 is 26.7 Å². The van der Waals surface area contributed by atoms with Gasteiger partial charge in [-0.2, -0.15) is 0 Å². The van der Waals surface area contributed by atoms with Gasteiger partial charge in [-0.15, -0.1) is 0 Å². The zero-order chi connectivity index (χ0) is 16.3. The van der Waals surface area contributed by atoms with Crippen LogP contribution in [0.4, 0.5) is 10.1 Å². The largest absolute Gasteiger partial charge is 0.495 e. The van der Waals surface area contributed by atoms with E-state index in [4.69, 9.17) is 9.84 Å². The van der Waals surface area contributed by atoms with E-state index in [0.29, 0.717) is 0 Å². The van der Waals surface area contributed by atoms with Crippen LogP contribution in [0.15, 0.2) is 47.4 Å². The van der Waals surface area contributed by atoms with E-state index in [-0.39, 0.29) is 17.0 Å². The maximum absolute atomic E-state index is 13.8. The first-order valence-electron chi connectivity index (χ1n) is 6.04. The lowest BCUT2D eigenvalue weighted by atomic mass is 10.2. The molecule has 116 valence electrons. The van der Waals surface area contributed by atoms with Crippen molar-refractivity contribution in [2.45, 2.75) is 4.90 Å². The maximum atomic E-state index is 13.8. The number of ether oxygens (including phenoxy) is 1.